The molecule has 0 aliphatic heterocycles. The fourth-order valence-electron chi connectivity index (χ4n) is 2.70. The topological polar surface area (TPSA) is 71.2 Å². The SMILES string of the molecule is CCCc1c(C(=O)Nc2ccc(I)cc2C)[nH]c(C)c1C(=O)OC. The van der Waals surface area contributed by atoms with Gasteiger partial charge in [-0.2, -0.15) is 0 Å². The highest BCUT2D eigenvalue weighted by molar-refractivity contribution is 14.1. The molecule has 0 radical (unpaired) electrons. The number of carbonyl (C=O) groups excluding carboxylic acids is 2. The summed E-state index contributed by atoms with van der Waals surface area (Å²) in [6.45, 7) is 5.73. The number of hydrogen-bond donors (Lipinski definition) is 2. The Labute approximate surface area is 155 Å². The van der Waals surface area contributed by atoms with E-state index in [0.29, 0.717) is 28.9 Å². The molecule has 5 nitrogen and oxygen atoms in total. The van der Waals surface area contributed by atoms with Crippen LogP contribution in [0.25, 0.3) is 0 Å². The van der Waals surface area contributed by atoms with Crippen LogP contribution >= 0.6 is 22.6 Å². The zero-order chi connectivity index (χ0) is 17.9. The van der Waals surface area contributed by atoms with Crippen LogP contribution in [0.15, 0.2) is 18.2 Å². The molecular weight excluding hydrogens is 419 g/mol. The molecule has 6 heteroatoms. The summed E-state index contributed by atoms with van der Waals surface area (Å²) in [6, 6.07) is 5.82. The number of benzene rings is 1. The van der Waals surface area contributed by atoms with E-state index in [-0.39, 0.29) is 5.91 Å². The Morgan fingerprint density at radius 1 is 1.29 bits per heavy atom. The van der Waals surface area contributed by atoms with Crippen LogP contribution in [0.4, 0.5) is 5.69 Å². The molecule has 24 heavy (non-hydrogen) atoms. The van der Waals surface area contributed by atoms with E-state index in [1.54, 1.807) is 6.92 Å². The Hall–Kier alpha value is -1.83. The summed E-state index contributed by atoms with van der Waals surface area (Å²) in [6.07, 6.45) is 1.45. The highest BCUT2D eigenvalue weighted by atomic mass is 127. The number of anilines is 1. The Kier molecular flexibility index (Phi) is 6.04. The molecule has 1 amide bonds. The molecule has 1 aromatic carbocycles. The number of halogens is 1. The van der Waals surface area contributed by atoms with E-state index >= 15 is 0 Å². The number of rotatable bonds is 5. The smallest absolute Gasteiger partial charge is 0.339 e. The molecule has 1 heterocycles. The minimum Gasteiger partial charge on any atom is -0.465 e. The zero-order valence-electron chi connectivity index (χ0n) is 14.2. The molecule has 2 rings (SSSR count). The summed E-state index contributed by atoms with van der Waals surface area (Å²) in [5.41, 5.74) is 3.99. The summed E-state index contributed by atoms with van der Waals surface area (Å²) in [5.74, 6) is -0.669. The molecule has 2 aromatic rings. The Bertz CT molecular complexity index is 781. The van der Waals surface area contributed by atoms with Crippen molar-refractivity contribution in [2.45, 2.75) is 33.6 Å². The normalized spacial score (nSPS) is 10.5. The fraction of sp³-hybridized carbons (Fsp3) is 0.333. The average Bonchev–Trinajstić information content (AvgIpc) is 2.86. The van der Waals surface area contributed by atoms with Crippen molar-refractivity contribution in [3.05, 3.63) is 49.8 Å². The number of nitrogens with one attached hydrogen (secondary N) is 2. The molecular formula is C18H21IN2O3. The van der Waals surface area contributed by atoms with Gasteiger partial charge in [0, 0.05) is 15.0 Å². The van der Waals surface area contributed by atoms with Crippen LogP contribution in [0.3, 0.4) is 0 Å². The first-order valence-electron chi connectivity index (χ1n) is 7.76. The second-order valence-electron chi connectivity index (χ2n) is 5.63. The van der Waals surface area contributed by atoms with Gasteiger partial charge in [-0.15, -0.1) is 0 Å². The van der Waals surface area contributed by atoms with Gasteiger partial charge in [0.25, 0.3) is 5.91 Å². The predicted octanol–water partition coefficient (Wildman–Crippen LogP) is 4.23. The van der Waals surface area contributed by atoms with Crippen molar-refractivity contribution in [1.29, 1.82) is 0 Å². The number of hydrogen-bond acceptors (Lipinski definition) is 3. The van der Waals surface area contributed by atoms with Gasteiger partial charge in [0.15, 0.2) is 0 Å². The van der Waals surface area contributed by atoms with Gasteiger partial charge in [-0.1, -0.05) is 13.3 Å². The van der Waals surface area contributed by atoms with Crippen LogP contribution in [-0.4, -0.2) is 24.0 Å². The molecule has 0 spiro atoms. The minimum atomic E-state index is -0.420. The summed E-state index contributed by atoms with van der Waals surface area (Å²) in [7, 11) is 1.35. The van der Waals surface area contributed by atoms with E-state index in [0.717, 1.165) is 21.2 Å². The van der Waals surface area contributed by atoms with Crippen LogP contribution < -0.4 is 5.32 Å². The monoisotopic (exact) mass is 440 g/mol. The van der Waals surface area contributed by atoms with E-state index < -0.39 is 5.97 Å². The largest absolute Gasteiger partial charge is 0.465 e. The van der Waals surface area contributed by atoms with Crippen LogP contribution in [-0.2, 0) is 11.2 Å². The molecule has 0 fully saturated rings. The number of aromatic nitrogens is 1. The molecule has 2 N–H and O–H groups in total. The maximum Gasteiger partial charge on any atom is 0.339 e. The Balaban J connectivity index is 2.40. The van der Waals surface area contributed by atoms with Crippen LogP contribution in [0, 0.1) is 17.4 Å². The average molecular weight is 440 g/mol. The third-order valence-corrected chi connectivity index (χ3v) is 4.52. The summed E-state index contributed by atoms with van der Waals surface area (Å²) < 4.78 is 5.97. The number of amides is 1. The number of carbonyl (C=O) groups is 2. The number of H-pyrrole nitrogens is 1. The van der Waals surface area contributed by atoms with Crippen molar-refractivity contribution in [3.63, 3.8) is 0 Å². The lowest BCUT2D eigenvalue weighted by Crippen LogP contribution is -2.16. The molecule has 0 atom stereocenters. The van der Waals surface area contributed by atoms with E-state index in [1.165, 1.54) is 7.11 Å². The zero-order valence-corrected chi connectivity index (χ0v) is 16.4. The second-order valence-corrected chi connectivity index (χ2v) is 6.88. The van der Waals surface area contributed by atoms with Gasteiger partial charge in [-0.3, -0.25) is 4.79 Å². The third-order valence-electron chi connectivity index (χ3n) is 3.84. The van der Waals surface area contributed by atoms with Crippen LogP contribution in [0.2, 0.25) is 0 Å². The number of aromatic amines is 1. The highest BCUT2D eigenvalue weighted by Gasteiger charge is 2.24. The van der Waals surface area contributed by atoms with Gasteiger partial charge < -0.3 is 15.0 Å². The number of esters is 1. The molecule has 0 aliphatic carbocycles. The fourth-order valence-corrected chi connectivity index (χ4v) is 3.35. The van der Waals surface area contributed by atoms with E-state index in [4.69, 9.17) is 4.74 Å². The lowest BCUT2D eigenvalue weighted by atomic mass is 10.0. The van der Waals surface area contributed by atoms with Gasteiger partial charge in [0.1, 0.15) is 5.69 Å². The lowest BCUT2D eigenvalue weighted by Gasteiger charge is -2.10. The van der Waals surface area contributed by atoms with Gasteiger partial charge in [-0.05, 0) is 72.2 Å². The van der Waals surface area contributed by atoms with Crippen molar-refractivity contribution < 1.29 is 14.3 Å². The molecule has 0 bridgehead atoms. The number of methoxy groups -OCH3 is 1. The van der Waals surface area contributed by atoms with Crippen molar-refractivity contribution in [2.75, 3.05) is 12.4 Å². The van der Waals surface area contributed by atoms with Gasteiger partial charge in [0.2, 0.25) is 0 Å². The van der Waals surface area contributed by atoms with Crippen molar-refractivity contribution in [2.24, 2.45) is 0 Å². The Morgan fingerprint density at radius 3 is 2.58 bits per heavy atom. The first-order chi connectivity index (χ1) is 11.4. The highest BCUT2D eigenvalue weighted by Crippen LogP contribution is 2.24. The third kappa shape index (κ3) is 3.80. The number of ether oxygens (including phenoxy) is 1. The maximum atomic E-state index is 12.7. The van der Waals surface area contributed by atoms with Crippen LogP contribution in [0.1, 0.15) is 51.0 Å². The molecule has 0 unspecified atom stereocenters. The molecule has 0 saturated carbocycles. The first-order valence-corrected chi connectivity index (χ1v) is 8.84. The maximum absolute atomic E-state index is 12.7. The summed E-state index contributed by atoms with van der Waals surface area (Å²) in [5, 5.41) is 2.92. The number of aryl methyl sites for hydroxylation is 2. The minimum absolute atomic E-state index is 0.249. The van der Waals surface area contributed by atoms with Crippen molar-refractivity contribution in [1.82, 2.24) is 4.98 Å². The van der Waals surface area contributed by atoms with Gasteiger partial charge in [0.05, 0.1) is 12.7 Å². The summed E-state index contributed by atoms with van der Waals surface area (Å²) >= 11 is 2.23. The quantitative estimate of drug-likeness (QED) is 0.540. The van der Waals surface area contributed by atoms with E-state index in [9.17, 15) is 9.59 Å². The standard InChI is InChI=1S/C18H21IN2O3/c1-5-6-13-15(18(23)24-4)11(3)20-16(13)17(22)21-14-8-7-12(19)9-10(14)2/h7-9,20H,5-6H2,1-4H3,(H,21,22). The molecule has 1 aromatic heterocycles. The molecule has 0 aliphatic rings. The van der Waals surface area contributed by atoms with Crippen molar-refractivity contribution >= 4 is 40.2 Å². The van der Waals surface area contributed by atoms with Gasteiger partial charge in [-0.25, -0.2) is 4.79 Å². The molecule has 128 valence electrons. The van der Waals surface area contributed by atoms with E-state index in [2.05, 4.69) is 32.9 Å². The predicted molar refractivity (Wildman–Crippen MR) is 103 cm³/mol. The lowest BCUT2D eigenvalue weighted by molar-refractivity contribution is 0.0599. The van der Waals surface area contributed by atoms with Crippen molar-refractivity contribution in [3.8, 4) is 0 Å². The Morgan fingerprint density at radius 2 is 2.00 bits per heavy atom. The second kappa shape index (κ2) is 7.83. The van der Waals surface area contributed by atoms with Crippen LogP contribution in [0.5, 0.6) is 0 Å². The molecule has 0 saturated heterocycles. The van der Waals surface area contributed by atoms with Gasteiger partial charge >= 0.3 is 5.97 Å². The summed E-state index contributed by atoms with van der Waals surface area (Å²) in [4.78, 5) is 27.8. The van der Waals surface area contributed by atoms with E-state index in [1.807, 2.05) is 32.0 Å². The first kappa shape index (κ1) is 18.5.